The van der Waals surface area contributed by atoms with Crippen LogP contribution in [0.5, 0.6) is 0 Å². The third kappa shape index (κ3) is 8.92. The zero-order chi connectivity index (χ0) is 33.5. The summed E-state index contributed by atoms with van der Waals surface area (Å²) in [5, 5.41) is 26.1. The van der Waals surface area contributed by atoms with Gasteiger partial charge in [0.1, 0.15) is 17.8 Å². The molecule has 0 bridgehead atoms. The van der Waals surface area contributed by atoms with E-state index in [-0.39, 0.29) is 31.0 Å². The van der Waals surface area contributed by atoms with Gasteiger partial charge in [0.25, 0.3) is 0 Å². The molecule has 0 heterocycles. The van der Waals surface area contributed by atoms with E-state index in [1.165, 1.54) is 38.1 Å². The number of aliphatic hydroxyl groups is 1. The normalized spacial score (nSPS) is 16.0. The summed E-state index contributed by atoms with van der Waals surface area (Å²) in [6.07, 6.45) is -3.87. The maximum atomic E-state index is 14.8. The van der Waals surface area contributed by atoms with Crippen LogP contribution in [-0.4, -0.2) is 54.0 Å². The fourth-order valence-electron chi connectivity index (χ4n) is 5.50. The summed E-state index contributed by atoms with van der Waals surface area (Å²) in [5.41, 5.74) is 0.172. The molecule has 0 saturated heterocycles. The Hall–Kier alpha value is -4.27. The van der Waals surface area contributed by atoms with Crippen LogP contribution in [0.25, 0.3) is 11.1 Å². The minimum atomic E-state index is -4.82. The van der Waals surface area contributed by atoms with Gasteiger partial charge in [-0.25, -0.2) is 4.39 Å². The Balaban J connectivity index is 1.51. The summed E-state index contributed by atoms with van der Waals surface area (Å²) in [4.78, 5) is 25.8. The number of nitrogens with one attached hydrogen (secondary N) is 3. The molecule has 0 aliphatic heterocycles. The number of amides is 2. The number of benzene rings is 3. The highest BCUT2D eigenvalue weighted by molar-refractivity contribution is 5.91. The second-order valence-corrected chi connectivity index (χ2v) is 12.3. The molecule has 7 nitrogen and oxygen atoms in total. The van der Waals surface area contributed by atoms with Gasteiger partial charge >= 0.3 is 6.18 Å². The fraction of sp³-hybridized carbons (Fsp3) is 0.400. The van der Waals surface area contributed by atoms with Gasteiger partial charge in [0.15, 0.2) is 0 Å². The molecule has 3 aromatic rings. The third-order valence-electron chi connectivity index (χ3n) is 8.05. The Morgan fingerprint density at radius 3 is 2.02 bits per heavy atom. The molecular weight excluding hydrogens is 600 g/mol. The van der Waals surface area contributed by atoms with Gasteiger partial charge in [-0.2, -0.15) is 18.4 Å². The standard InChI is InChI=1S/C35H38F4N4O3/c1-33(2,36)21-29(31(45)42-28(22-40)20-23-6-4-3-5-7-23)43-30(35(37,38)39)26-10-8-24(9-11-26)25-12-14-27(15-13-25)34(16-17-34)32(46)41-18-19-44/h3-15,28-30,43-44H,16-21H2,1-2H3,(H,41,46)(H,42,45)/t28-,29-,30-/m0/s1. The van der Waals surface area contributed by atoms with E-state index in [9.17, 15) is 32.4 Å². The van der Waals surface area contributed by atoms with E-state index in [1.54, 1.807) is 42.5 Å². The lowest BCUT2D eigenvalue weighted by Crippen LogP contribution is -2.53. The molecule has 11 heteroatoms. The first-order valence-corrected chi connectivity index (χ1v) is 15.1. The molecule has 3 atom stereocenters. The quantitative estimate of drug-likeness (QED) is 0.176. The third-order valence-corrected chi connectivity index (χ3v) is 8.05. The van der Waals surface area contributed by atoms with E-state index in [1.807, 2.05) is 18.2 Å². The molecule has 4 rings (SSSR count). The minimum Gasteiger partial charge on any atom is -0.395 e. The molecule has 1 aliphatic rings. The molecule has 0 spiro atoms. The second kappa shape index (κ2) is 14.4. The number of carbonyl (C=O) groups is 2. The second-order valence-electron chi connectivity index (χ2n) is 12.3. The van der Waals surface area contributed by atoms with Crippen LogP contribution >= 0.6 is 0 Å². The zero-order valence-electron chi connectivity index (χ0n) is 25.7. The van der Waals surface area contributed by atoms with Crippen LogP contribution < -0.4 is 16.0 Å². The summed E-state index contributed by atoms with van der Waals surface area (Å²) in [7, 11) is 0. The van der Waals surface area contributed by atoms with Crippen molar-refractivity contribution in [2.75, 3.05) is 13.2 Å². The highest BCUT2D eigenvalue weighted by atomic mass is 19.4. The molecule has 1 fully saturated rings. The molecule has 0 aromatic heterocycles. The van der Waals surface area contributed by atoms with Gasteiger partial charge in [-0.3, -0.25) is 14.9 Å². The number of carbonyl (C=O) groups excluding carboxylic acids is 2. The van der Waals surface area contributed by atoms with Crippen LogP contribution in [0.1, 0.15) is 55.8 Å². The monoisotopic (exact) mass is 638 g/mol. The van der Waals surface area contributed by atoms with Gasteiger partial charge in [-0.05, 0) is 54.5 Å². The molecule has 2 amide bonds. The van der Waals surface area contributed by atoms with Crippen molar-refractivity contribution < 1.29 is 32.3 Å². The van der Waals surface area contributed by atoms with E-state index in [4.69, 9.17) is 5.11 Å². The largest absolute Gasteiger partial charge is 0.407 e. The minimum absolute atomic E-state index is 0.137. The summed E-state index contributed by atoms with van der Waals surface area (Å²) in [6, 6.07) is 18.8. The Morgan fingerprint density at radius 1 is 0.935 bits per heavy atom. The van der Waals surface area contributed by atoms with Gasteiger partial charge in [0.05, 0.1) is 24.1 Å². The lowest BCUT2D eigenvalue weighted by atomic mass is 9.92. The smallest absolute Gasteiger partial charge is 0.395 e. The molecule has 3 aromatic carbocycles. The molecular formula is C35H38F4N4O3. The van der Waals surface area contributed by atoms with E-state index < -0.39 is 47.7 Å². The zero-order valence-corrected chi connectivity index (χ0v) is 25.7. The molecule has 1 aliphatic carbocycles. The summed E-state index contributed by atoms with van der Waals surface area (Å²) in [5.74, 6) is -1.05. The molecule has 0 radical (unpaired) electrons. The topological polar surface area (TPSA) is 114 Å². The number of aliphatic hydroxyl groups excluding tert-OH is 1. The molecule has 244 valence electrons. The van der Waals surface area contributed by atoms with Crippen LogP contribution in [0.2, 0.25) is 0 Å². The van der Waals surface area contributed by atoms with Crippen molar-refractivity contribution in [1.82, 2.24) is 16.0 Å². The van der Waals surface area contributed by atoms with Crippen LogP contribution in [0.4, 0.5) is 17.6 Å². The number of rotatable bonds is 14. The molecule has 1 saturated carbocycles. The first kappa shape index (κ1) is 34.6. The molecule has 0 unspecified atom stereocenters. The van der Waals surface area contributed by atoms with Gasteiger partial charge in [-0.15, -0.1) is 0 Å². The number of alkyl halides is 4. The SMILES string of the molecule is CC(C)(F)C[C@H](N[C@@H](c1ccc(-c2ccc(C3(C(=O)NCCO)CC3)cc2)cc1)C(F)(F)F)C(=O)N[C@H](C#N)Cc1ccccc1. The fourth-order valence-corrected chi connectivity index (χ4v) is 5.50. The maximum Gasteiger partial charge on any atom is 0.407 e. The van der Waals surface area contributed by atoms with Crippen molar-refractivity contribution in [1.29, 1.82) is 5.26 Å². The highest BCUT2D eigenvalue weighted by Crippen LogP contribution is 2.48. The van der Waals surface area contributed by atoms with Crippen molar-refractivity contribution in [2.24, 2.45) is 0 Å². The van der Waals surface area contributed by atoms with Crippen LogP contribution in [0.3, 0.4) is 0 Å². The van der Waals surface area contributed by atoms with Crippen molar-refractivity contribution in [2.45, 2.75) is 74.9 Å². The Bertz CT molecular complexity index is 1510. The first-order chi connectivity index (χ1) is 21.8. The summed E-state index contributed by atoms with van der Waals surface area (Å²) >= 11 is 0. The van der Waals surface area contributed by atoms with Crippen molar-refractivity contribution in [3.05, 3.63) is 95.6 Å². The maximum absolute atomic E-state index is 14.8. The van der Waals surface area contributed by atoms with Gasteiger partial charge in [0, 0.05) is 19.4 Å². The number of hydrogen-bond donors (Lipinski definition) is 4. The van der Waals surface area contributed by atoms with Gasteiger partial charge in [0.2, 0.25) is 11.8 Å². The van der Waals surface area contributed by atoms with Crippen molar-refractivity contribution >= 4 is 11.8 Å². The molecule has 4 N–H and O–H groups in total. The van der Waals surface area contributed by atoms with Crippen molar-refractivity contribution in [3.8, 4) is 17.2 Å². The van der Waals surface area contributed by atoms with Crippen molar-refractivity contribution in [3.63, 3.8) is 0 Å². The highest BCUT2D eigenvalue weighted by Gasteiger charge is 2.51. The van der Waals surface area contributed by atoms with E-state index >= 15 is 0 Å². The average Bonchev–Trinajstić information content (AvgIpc) is 3.83. The predicted octanol–water partition coefficient (Wildman–Crippen LogP) is 5.44. The number of hydrogen-bond acceptors (Lipinski definition) is 5. The Kier molecular flexibility index (Phi) is 10.9. The summed E-state index contributed by atoms with van der Waals surface area (Å²) < 4.78 is 58.0. The lowest BCUT2D eigenvalue weighted by Gasteiger charge is -2.30. The number of nitriles is 1. The Labute approximate surface area is 266 Å². The van der Waals surface area contributed by atoms with E-state index in [0.29, 0.717) is 18.4 Å². The van der Waals surface area contributed by atoms with Crippen LogP contribution in [0.15, 0.2) is 78.9 Å². The van der Waals surface area contributed by atoms with E-state index in [0.717, 1.165) is 16.7 Å². The first-order valence-electron chi connectivity index (χ1n) is 15.1. The molecule has 46 heavy (non-hydrogen) atoms. The van der Waals surface area contributed by atoms with Gasteiger partial charge < -0.3 is 15.7 Å². The van der Waals surface area contributed by atoms with Gasteiger partial charge in [-0.1, -0.05) is 78.9 Å². The van der Waals surface area contributed by atoms with E-state index in [2.05, 4.69) is 16.0 Å². The predicted molar refractivity (Wildman–Crippen MR) is 166 cm³/mol. The summed E-state index contributed by atoms with van der Waals surface area (Å²) in [6.45, 7) is 2.37. The number of halogens is 4. The lowest BCUT2D eigenvalue weighted by molar-refractivity contribution is -0.161. The average molecular weight is 639 g/mol. The van der Waals surface area contributed by atoms with Crippen LogP contribution in [0, 0.1) is 11.3 Å². The number of nitrogens with zero attached hydrogens (tertiary/aromatic N) is 1. The van der Waals surface area contributed by atoms with Crippen LogP contribution in [-0.2, 0) is 21.4 Å². The Morgan fingerprint density at radius 2 is 1.52 bits per heavy atom.